The SMILES string of the molecule is CCOCCNC(C)CC(N)=NO. The normalized spacial score (nSPS) is 14.5. The predicted molar refractivity (Wildman–Crippen MR) is 52.0 cm³/mol. The van der Waals surface area contributed by atoms with E-state index in [2.05, 4.69) is 10.5 Å². The smallest absolute Gasteiger partial charge is 0.140 e. The van der Waals surface area contributed by atoms with Crippen LogP contribution in [0.1, 0.15) is 20.3 Å². The van der Waals surface area contributed by atoms with E-state index in [-0.39, 0.29) is 11.9 Å². The number of hydrogen-bond acceptors (Lipinski definition) is 4. The Morgan fingerprint density at radius 2 is 2.38 bits per heavy atom. The fourth-order valence-corrected chi connectivity index (χ4v) is 0.949. The van der Waals surface area contributed by atoms with E-state index in [0.717, 1.165) is 13.2 Å². The van der Waals surface area contributed by atoms with Gasteiger partial charge in [-0.25, -0.2) is 0 Å². The van der Waals surface area contributed by atoms with Crippen LogP contribution in [0.15, 0.2) is 5.16 Å². The lowest BCUT2D eigenvalue weighted by Crippen LogP contribution is -2.33. The molecule has 0 aliphatic rings. The van der Waals surface area contributed by atoms with Crippen LogP contribution >= 0.6 is 0 Å². The van der Waals surface area contributed by atoms with Crippen LogP contribution in [0.5, 0.6) is 0 Å². The van der Waals surface area contributed by atoms with E-state index in [4.69, 9.17) is 15.7 Å². The van der Waals surface area contributed by atoms with Crippen LogP contribution in [0.2, 0.25) is 0 Å². The van der Waals surface area contributed by atoms with E-state index in [1.54, 1.807) is 0 Å². The molecule has 0 radical (unpaired) electrons. The van der Waals surface area contributed by atoms with Gasteiger partial charge in [0.15, 0.2) is 0 Å². The fraction of sp³-hybridized carbons (Fsp3) is 0.875. The third kappa shape index (κ3) is 7.55. The number of rotatable bonds is 7. The van der Waals surface area contributed by atoms with Crippen LogP contribution in [0.3, 0.4) is 0 Å². The zero-order valence-electron chi connectivity index (χ0n) is 8.29. The Kier molecular flexibility index (Phi) is 7.33. The van der Waals surface area contributed by atoms with Gasteiger partial charge in [0.1, 0.15) is 5.84 Å². The van der Waals surface area contributed by atoms with Crippen molar-refractivity contribution in [3.8, 4) is 0 Å². The fourth-order valence-electron chi connectivity index (χ4n) is 0.949. The Morgan fingerprint density at radius 1 is 1.69 bits per heavy atom. The molecular weight excluding hydrogens is 170 g/mol. The molecule has 5 heteroatoms. The Labute approximate surface area is 78.9 Å². The number of nitrogens with one attached hydrogen (secondary N) is 1. The molecule has 0 aliphatic heterocycles. The van der Waals surface area contributed by atoms with Crippen molar-refractivity contribution in [2.75, 3.05) is 19.8 Å². The van der Waals surface area contributed by atoms with Gasteiger partial charge < -0.3 is 21.0 Å². The molecule has 0 bridgehead atoms. The van der Waals surface area contributed by atoms with Gasteiger partial charge in [0.05, 0.1) is 6.61 Å². The summed E-state index contributed by atoms with van der Waals surface area (Å²) in [5, 5.41) is 14.4. The van der Waals surface area contributed by atoms with Gasteiger partial charge in [-0.05, 0) is 13.8 Å². The molecule has 0 aromatic heterocycles. The monoisotopic (exact) mass is 189 g/mol. The molecule has 0 aromatic carbocycles. The third-order valence-corrected chi connectivity index (χ3v) is 1.59. The largest absolute Gasteiger partial charge is 0.409 e. The predicted octanol–water partition coefficient (Wildman–Crippen LogP) is 0.138. The topological polar surface area (TPSA) is 79.9 Å². The highest BCUT2D eigenvalue weighted by Gasteiger charge is 2.03. The maximum absolute atomic E-state index is 8.30. The number of amidine groups is 1. The van der Waals surface area contributed by atoms with E-state index in [9.17, 15) is 0 Å². The van der Waals surface area contributed by atoms with Gasteiger partial charge in [0.2, 0.25) is 0 Å². The van der Waals surface area contributed by atoms with Crippen LogP contribution in [-0.4, -0.2) is 36.8 Å². The van der Waals surface area contributed by atoms with Gasteiger partial charge in [-0.2, -0.15) is 0 Å². The number of oxime groups is 1. The highest BCUT2D eigenvalue weighted by molar-refractivity contribution is 5.80. The molecule has 0 aromatic rings. The maximum Gasteiger partial charge on any atom is 0.140 e. The van der Waals surface area contributed by atoms with E-state index < -0.39 is 0 Å². The van der Waals surface area contributed by atoms with Gasteiger partial charge in [-0.15, -0.1) is 0 Å². The lowest BCUT2D eigenvalue weighted by Gasteiger charge is -2.12. The van der Waals surface area contributed by atoms with E-state index in [0.29, 0.717) is 13.0 Å². The van der Waals surface area contributed by atoms with Crippen molar-refractivity contribution in [3.05, 3.63) is 0 Å². The van der Waals surface area contributed by atoms with Crippen molar-refractivity contribution in [3.63, 3.8) is 0 Å². The van der Waals surface area contributed by atoms with Gasteiger partial charge in [-0.3, -0.25) is 0 Å². The quantitative estimate of drug-likeness (QED) is 0.175. The van der Waals surface area contributed by atoms with Crippen LogP contribution in [0, 0.1) is 0 Å². The molecule has 0 aliphatic carbocycles. The Hall–Kier alpha value is -0.810. The van der Waals surface area contributed by atoms with Crippen molar-refractivity contribution in [2.45, 2.75) is 26.3 Å². The molecule has 0 saturated carbocycles. The molecule has 13 heavy (non-hydrogen) atoms. The summed E-state index contributed by atoms with van der Waals surface area (Å²) in [6.07, 6.45) is 0.544. The third-order valence-electron chi connectivity index (χ3n) is 1.59. The number of hydrogen-bond donors (Lipinski definition) is 3. The molecule has 1 atom stereocenters. The van der Waals surface area contributed by atoms with Crippen molar-refractivity contribution < 1.29 is 9.94 Å². The van der Waals surface area contributed by atoms with Crippen LogP contribution in [-0.2, 0) is 4.74 Å². The first-order chi connectivity index (χ1) is 6.20. The summed E-state index contributed by atoms with van der Waals surface area (Å²) in [7, 11) is 0. The molecule has 0 spiro atoms. The Morgan fingerprint density at radius 3 is 2.92 bits per heavy atom. The Bertz CT molecular complexity index is 150. The van der Waals surface area contributed by atoms with E-state index >= 15 is 0 Å². The summed E-state index contributed by atoms with van der Waals surface area (Å²) in [6.45, 7) is 6.14. The summed E-state index contributed by atoms with van der Waals surface area (Å²) < 4.78 is 5.14. The maximum atomic E-state index is 8.30. The molecule has 1 unspecified atom stereocenters. The molecule has 0 saturated heterocycles. The van der Waals surface area contributed by atoms with Crippen LogP contribution < -0.4 is 11.1 Å². The molecule has 5 nitrogen and oxygen atoms in total. The number of nitrogens with zero attached hydrogens (tertiary/aromatic N) is 1. The lowest BCUT2D eigenvalue weighted by molar-refractivity contribution is 0.147. The molecule has 4 N–H and O–H groups in total. The lowest BCUT2D eigenvalue weighted by atomic mass is 10.2. The highest BCUT2D eigenvalue weighted by atomic mass is 16.5. The second kappa shape index (κ2) is 7.82. The average molecular weight is 189 g/mol. The first kappa shape index (κ1) is 12.2. The van der Waals surface area contributed by atoms with Gasteiger partial charge >= 0.3 is 0 Å². The zero-order chi connectivity index (χ0) is 10.1. The summed E-state index contributed by atoms with van der Waals surface area (Å²) >= 11 is 0. The van der Waals surface area contributed by atoms with Crippen molar-refractivity contribution >= 4 is 5.84 Å². The van der Waals surface area contributed by atoms with Crippen molar-refractivity contribution in [1.82, 2.24) is 5.32 Å². The summed E-state index contributed by atoms with van der Waals surface area (Å²) in [4.78, 5) is 0. The Balaban J connectivity index is 3.35. The van der Waals surface area contributed by atoms with Gasteiger partial charge in [0.25, 0.3) is 0 Å². The molecule has 78 valence electrons. The standard InChI is InChI=1S/C8H19N3O2/c1-3-13-5-4-10-7(2)6-8(9)11-12/h7,10,12H,3-6H2,1-2H3,(H2,9,11). The average Bonchev–Trinajstić information content (AvgIpc) is 2.12. The summed E-state index contributed by atoms with van der Waals surface area (Å²) in [5.74, 6) is 0.247. The van der Waals surface area contributed by atoms with E-state index in [1.807, 2.05) is 13.8 Å². The number of ether oxygens (including phenoxy) is 1. The minimum Gasteiger partial charge on any atom is -0.409 e. The highest BCUT2D eigenvalue weighted by Crippen LogP contribution is 1.89. The van der Waals surface area contributed by atoms with Crippen molar-refractivity contribution in [2.24, 2.45) is 10.9 Å². The molecule has 0 amide bonds. The van der Waals surface area contributed by atoms with E-state index in [1.165, 1.54) is 0 Å². The second-order valence-corrected chi connectivity index (χ2v) is 2.85. The second-order valence-electron chi connectivity index (χ2n) is 2.85. The molecule has 0 heterocycles. The van der Waals surface area contributed by atoms with Crippen molar-refractivity contribution in [1.29, 1.82) is 0 Å². The minimum absolute atomic E-state index is 0.205. The van der Waals surface area contributed by atoms with Gasteiger partial charge in [-0.1, -0.05) is 5.16 Å². The minimum atomic E-state index is 0.205. The number of nitrogens with two attached hydrogens (primary N) is 1. The van der Waals surface area contributed by atoms with Crippen LogP contribution in [0.25, 0.3) is 0 Å². The summed E-state index contributed by atoms with van der Waals surface area (Å²) in [5.41, 5.74) is 5.33. The first-order valence-electron chi connectivity index (χ1n) is 4.48. The van der Waals surface area contributed by atoms with Gasteiger partial charge in [0, 0.05) is 25.6 Å². The molecule has 0 fully saturated rings. The van der Waals surface area contributed by atoms with Crippen LogP contribution in [0.4, 0.5) is 0 Å². The zero-order valence-corrected chi connectivity index (χ0v) is 8.29. The summed E-state index contributed by atoms with van der Waals surface area (Å²) in [6, 6.07) is 0.205. The molecular formula is C8H19N3O2. The first-order valence-corrected chi connectivity index (χ1v) is 4.48. The molecule has 0 rings (SSSR count).